The van der Waals surface area contributed by atoms with Crippen LogP contribution in [0.1, 0.15) is 15.9 Å². The first kappa shape index (κ1) is 19.9. The minimum Gasteiger partial charge on any atom is -0.412 e. The van der Waals surface area contributed by atoms with Crippen LogP contribution in [0.15, 0.2) is 46.2 Å². The van der Waals surface area contributed by atoms with Crippen LogP contribution in [0.2, 0.25) is 5.02 Å². The molecule has 3 rings (SSSR count). The Hall–Kier alpha value is -2.86. The molecule has 8 nitrogen and oxygen atoms in total. The molecule has 2 aromatic rings. The lowest BCUT2D eigenvalue weighted by molar-refractivity contribution is -0.567. The number of sulfone groups is 1. The Morgan fingerprint density at radius 1 is 1.25 bits per heavy atom. The van der Waals surface area contributed by atoms with Crippen LogP contribution >= 0.6 is 11.6 Å². The molecule has 0 saturated heterocycles. The van der Waals surface area contributed by atoms with E-state index < -0.39 is 49.5 Å². The second-order valence-electron chi connectivity index (χ2n) is 5.51. The molecule has 0 saturated carbocycles. The zero-order valence-corrected chi connectivity index (χ0v) is 14.9. The molecule has 1 aliphatic heterocycles. The van der Waals surface area contributed by atoms with Gasteiger partial charge in [0, 0.05) is 0 Å². The molecule has 1 amide bonds. The minimum absolute atomic E-state index is 0.0653. The molecule has 1 N–H and O–H groups in total. The summed E-state index contributed by atoms with van der Waals surface area (Å²) in [6.45, 7) is 0. The highest BCUT2D eigenvalue weighted by molar-refractivity contribution is 7.97. The summed E-state index contributed by atoms with van der Waals surface area (Å²) in [5.74, 6) is -1.59. The number of fused-ring (bicyclic) bond motifs is 1. The van der Waals surface area contributed by atoms with E-state index in [9.17, 15) is 36.5 Å². The van der Waals surface area contributed by atoms with E-state index in [2.05, 4.69) is 0 Å². The molecule has 0 aromatic heterocycles. The van der Waals surface area contributed by atoms with E-state index in [0.29, 0.717) is 12.1 Å². The molecule has 0 fully saturated rings. The predicted octanol–water partition coefficient (Wildman–Crippen LogP) is 2.87. The number of nitrogens with one attached hydrogen (secondary N) is 1. The van der Waals surface area contributed by atoms with Crippen LogP contribution in [-0.2, 0) is 16.0 Å². The average Bonchev–Trinajstić information content (AvgIpc) is 3.16. The number of alkyl halides is 3. The summed E-state index contributed by atoms with van der Waals surface area (Å²) in [4.78, 5) is 22.0. The maximum Gasteiger partial charge on any atom is 0.441 e. The average molecular weight is 437 g/mol. The highest BCUT2D eigenvalue weighted by Gasteiger charge is 2.44. The Bertz CT molecular complexity index is 1100. The number of rotatable bonds is 5. The molecule has 1 aliphatic rings. The van der Waals surface area contributed by atoms with Crippen LogP contribution in [-0.4, -0.2) is 25.6 Å². The molecule has 0 radical (unpaired) electrons. The molecule has 0 spiro atoms. The summed E-state index contributed by atoms with van der Waals surface area (Å²) in [5, 5.41) is 12.5. The molecule has 2 aromatic carbocycles. The van der Waals surface area contributed by atoms with E-state index >= 15 is 0 Å². The minimum atomic E-state index is -4.68. The van der Waals surface area contributed by atoms with Crippen molar-refractivity contribution >= 4 is 27.3 Å². The zero-order chi connectivity index (χ0) is 20.9. The Morgan fingerprint density at radius 2 is 1.93 bits per heavy atom. The Labute approximate surface area is 159 Å². The summed E-state index contributed by atoms with van der Waals surface area (Å²) in [7, 11) is -3.69. The van der Waals surface area contributed by atoms with Crippen molar-refractivity contribution in [3.63, 3.8) is 0 Å². The molecular weight excluding hydrogens is 429 g/mol. The number of ether oxygens (including phenoxy) is 1. The maximum absolute atomic E-state index is 12.6. The third-order valence-corrected chi connectivity index (χ3v) is 5.67. The Morgan fingerprint density at radius 3 is 2.50 bits per heavy atom. The van der Waals surface area contributed by atoms with Crippen LogP contribution in [0.25, 0.3) is 0 Å². The number of carbonyl (C=O) groups excluding carboxylic acids is 1. The van der Waals surface area contributed by atoms with Crippen LogP contribution < -0.4 is 10.1 Å². The van der Waals surface area contributed by atoms with E-state index in [0.717, 1.165) is 12.1 Å². The third-order valence-electron chi connectivity index (χ3n) is 3.68. The fourth-order valence-corrected chi connectivity index (χ4v) is 4.08. The lowest BCUT2D eigenvalue weighted by Gasteiger charge is -2.15. The van der Waals surface area contributed by atoms with Crippen LogP contribution in [0.5, 0.6) is 5.75 Å². The summed E-state index contributed by atoms with van der Waals surface area (Å²) < 4.78 is 66.2. The standard InChI is InChI=1S/C15H8ClF3N2O6S/c16-9-6-7(15(17,18)19)4-5-10(9)27-14(21(23)24)20-13(22)8-2-1-3-11-12(8)28(11,25)26/h1-6,14H,(H,20,22). The van der Waals surface area contributed by atoms with Crippen molar-refractivity contribution in [3.8, 4) is 5.75 Å². The quantitative estimate of drug-likeness (QED) is 0.284. The molecule has 148 valence electrons. The molecular formula is C15H8ClF3N2O6S. The number of nitrogens with zero attached hydrogens (tertiary/aromatic N) is 1. The molecule has 1 heterocycles. The van der Waals surface area contributed by atoms with E-state index in [1.807, 2.05) is 5.32 Å². The number of nitro groups is 1. The second kappa shape index (κ2) is 6.63. The van der Waals surface area contributed by atoms with Crippen molar-refractivity contribution in [1.29, 1.82) is 0 Å². The van der Waals surface area contributed by atoms with Crippen LogP contribution in [0.4, 0.5) is 13.2 Å². The van der Waals surface area contributed by atoms with Gasteiger partial charge in [0.15, 0.2) is 0 Å². The van der Waals surface area contributed by atoms with Crippen LogP contribution in [0, 0.1) is 10.1 Å². The molecule has 0 bridgehead atoms. The molecule has 0 aliphatic carbocycles. The van der Waals surface area contributed by atoms with Gasteiger partial charge in [-0.25, -0.2) is 8.42 Å². The molecule has 1 unspecified atom stereocenters. The molecule has 13 heteroatoms. The number of hydrogen-bond donors (Lipinski definition) is 1. The first-order valence-electron chi connectivity index (χ1n) is 7.29. The maximum atomic E-state index is 12.6. The monoisotopic (exact) mass is 436 g/mol. The smallest absolute Gasteiger partial charge is 0.412 e. The lowest BCUT2D eigenvalue weighted by atomic mass is 10.2. The summed E-state index contributed by atoms with van der Waals surface area (Å²) in [6.07, 6.45) is -6.90. The fraction of sp³-hybridized carbons (Fsp3) is 0.133. The highest BCUT2D eigenvalue weighted by Crippen LogP contribution is 2.42. The van der Waals surface area contributed by atoms with Crippen molar-refractivity contribution in [2.75, 3.05) is 0 Å². The topological polar surface area (TPSA) is 116 Å². The van der Waals surface area contributed by atoms with Crippen molar-refractivity contribution in [2.45, 2.75) is 22.3 Å². The summed E-state index contributed by atoms with van der Waals surface area (Å²) in [6, 6.07) is 5.58. The molecule has 1 atom stereocenters. The lowest BCUT2D eigenvalue weighted by Crippen LogP contribution is -2.44. The van der Waals surface area contributed by atoms with E-state index in [-0.39, 0.29) is 15.4 Å². The fourth-order valence-electron chi connectivity index (χ4n) is 2.35. The first-order valence-corrected chi connectivity index (χ1v) is 9.15. The summed E-state index contributed by atoms with van der Waals surface area (Å²) in [5.41, 5.74) is -1.41. The van der Waals surface area contributed by atoms with Gasteiger partial charge in [-0.2, -0.15) is 13.2 Å². The van der Waals surface area contributed by atoms with Gasteiger partial charge in [0.05, 0.1) is 26.0 Å². The first-order chi connectivity index (χ1) is 12.9. The van der Waals surface area contributed by atoms with Crippen molar-refractivity contribution < 1.29 is 36.0 Å². The van der Waals surface area contributed by atoms with Gasteiger partial charge >= 0.3 is 12.5 Å². The van der Waals surface area contributed by atoms with Crippen molar-refractivity contribution in [3.05, 3.63) is 62.7 Å². The van der Waals surface area contributed by atoms with E-state index in [4.69, 9.17) is 16.3 Å². The van der Waals surface area contributed by atoms with E-state index in [1.54, 1.807) is 0 Å². The third kappa shape index (κ3) is 3.60. The van der Waals surface area contributed by atoms with Gasteiger partial charge in [0.2, 0.25) is 9.84 Å². The Balaban J connectivity index is 1.81. The number of halogens is 4. The van der Waals surface area contributed by atoms with Crippen LogP contribution in [0.3, 0.4) is 0 Å². The van der Waals surface area contributed by atoms with E-state index in [1.165, 1.54) is 12.1 Å². The van der Waals surface area contributed by atoms with Gasteiger partial charge in [-0.3, -0.25) is 20.2 Å². The largest absolute Gasteiger partial charge is 0.441 e. The van der Waals surface area contributed by atoms with Gasteiger partial charge in [0.1, 0.15) is 10.6 Å². The number of benzene rings is 2. The second-order valence-corrected chi connectivity index (χ2v) is 7.77. The van der Waals surface area contributed by atoms with Gasteiger partial charge in [-0.05, 0) is 30.3 Å². The van der Waals surface area contributed by atoms with Crippen molar-refractivity contribution in [2.24, 2.45) is 0 Å². The summed E-state index contributed by atoms with van der Waals surface area (Å²) >= 11 is 5.67. The van der Waals surface area contributed by atoms with Crippen molar-refractivity contribution in [1.82, 2.24) is 5.32 Å². The Kier molecular flexibility index (Phi) is 4.71. The van der Waals surface area contributed by atoms with Gasteiger partial charge in [0.25, 0.3) is 5.91 Å². The molecule has 28 heavy (non-hydrogen) atoms. The van der Waals surface area contributed by atoms with Gasteiger partial charge in [-0.1, -0.05) is 17.7 Å². The number of amides is 1. The number of carbonyl (C=O) groups is 1. The predicted molar refractivity (Wildman–Crippen MR) is 87.2 cm³/mol. The van der Waals surface area contributed by atoms with Gasteiger partial charge in [-0.15, -0.1) is 0 Å². The normalized spacial score (nSPS) is 15.3. The number of hydrogen-bond acceptors (Lipinski definition) is 6. The highest BCUT2D eigenvalue weighted by atomic mass is 35.5. The zero-order valence-electron chi connectivity index (χ0n) is 13.4. The SMILES string of the molecule is O=C(NC(Oc1ccc(C(F)(F)F)cc1Cl)[N+](=O)[O-])c1cccc2c1S2(=O)=O. The van der Waals surface area contributed by atoms with Gasteiger partial charge < -0.3 is 4.74 Å².